The van der Waals surface area contributed by atoms with Gasteiger partial charge in [-0.1, -0.05) is 43.3 Å². The second kappa shape index (κ2) is 5.62. The molecule has 1 atom stereocenters. The van der Waals surface area contributed by atoms with E-state index in [9.17, 15) is 0 Å². The highest BCUT2D eigenvalue weighted by Gasteiger charge is 2.22. The number of nitrogens with zero attached hydrogens (tertiary/aromatic N) is 1. The number of nitrogens with one attached hydrogen (secondary N) is 1. The van der Waals surface area contributed by atoms with E-state index in [4.69, 9.17) is 0 Å². The number of benzene rings is 2. The zero-order chi connectivity index (χ0) is 13.1. The average Bonchev–Trinajstić information content (AvgIpc) is 2.93. The van der Waals surface area contributed by atoms with Crippen LogP contribution in [0.2, 0.25) is 0 Å². The molecular weight excluding hydrogens is 232 g/mol. The second-order valence-corrected chi connectivity index (χ2v) is 5.38. The quantitative estimate of drug-likeness (QED) is 0.899. The molecule has 1 saturated heterocycles. The highest BCUT2D eigenvalue weighted by Crippen LogP contribution is 2.29. The molecule has 1 N–H and O–H groups in total. The highest BCUT2D eigenvalue weighted by atomic mass is 15.2. The van der Waals surface area contributed by atoms with Crippen LogP contribution >= 0.6 is 0 Å². The van der Waals surface area contributed by atoms with Crippen LogP contribution in [-0.4, -0.2) is 25.7 Å². The van der Waals surface area contributed by atoms with Crippen molar-refractivity contribution < 1.29 is 0 Å². The van der Waals surface area contributed by atoms with Crippen LogP contribution in [0.15, 0.2) is 42.5 Å². The van der Waals surface area contributed by atoms with E-state index in [1.165, 1.54) is 29.3 Å². The third kappa shape index (κ3) is 2.59. The van der Waals surface area contributed by atoms with E-state index in [0.29, 0.717) is 6.04 Å². The van der Waals surface area contributed by atoms with Gasteiger partial charge in [-0.25, -0.2) is 0 Å². The largest absolute Gasteiger partial charge is 0.369 e. The maximum Gasteiger partial charge on any atom is 0.0446 e. The molecular formula is C17H22N2. The third-order valence-corrected chi connectivity index (χ3v) is 3.98. The van der Waals surface area contributed by atoms with Gasteiger partial charge in [0, 0.05) is 30.2 Å². The molecule has 0 bridgehead atoms. The molecule has 0 aliphatic carbocycles. The summed E-state index contributed by atoms with van der Waals surface area (Å²) in [6.45, 7) is 5.65. The van der Waals surface area contributed by atoms with E-state index in [2.05, 4.69) is 59.6 Å². The molecule has 1 unspecified atom stereocenters. The first-order chi connectivity index (χ1) is 9.38. The molecule has 0 aromatic heterocycles. The van der Waals surface area contributed by atoms with Gasteiger partial charge in [0.15, 0.2) is 0 Å². The maximum absolute atomic E-state index is 3.64. The van der Waals surface area contributed by atoms with Gasteiger partial charge in [0.2, 0.25) is 0 Å². The minimum atomic E-state index is 0.652. The standard InChI is InChI=1S/C17H22N2/c1-2-11-18-15-10-12-19(13-15)17-9-5-7-14-6-3-4-8-16(14)17/h3-9,15,18H,2,10-13H2,1H3. The van der Waals surface area contributed by atoms with Gasteiger partial charge in [-0.3, -0.25) is 0 Å². The van der Waals surface area contributed by atoms with Crippen molar-refractivity contribution in [2.75, 3.05) is 24.5 Å². The number of fused-ring (bicyclic) bond motifs is 1. The van der Waals surface area contributed by atoms with Gasteiger partial charge in [-0.15, -0.1) is 0 Å². The molecule has 0 saturated carbocycles. The summed E-state index contributed by atoms with van der Waals surface area (Å²) in [5.74, 6) is 0. The maximum atomic E-state index is 3.64. The summed E-state index contributed by atoms with van der Waals surface area (Å²) >= 11 is 0. The summed E-state index contributed by atoms with van der Waals surface area (Å²) in [4.78, 5) is 2.52. The smallest absolute Gasteiger partial charge is 0.0446 e. The molecule has 2 nitrogen and oxygen atoms in total. The van der Waals surface area contributed by atoms with Crippen molar-refractivity contribution in [1.82, 2.24) is 5.32 Å². The Morgan fingerprint density at radius 3 is 2.89 bits per heavy atom. The molecule has 1 aliphatic heterocycles. The summed E-state index contributed by atoms with van der Waals surface area (Å²) in [6.07, 6.45) is 2.47. The Hall–Kier alpha value is -1.54. The van der Waals surface area contributed by atoms with E-state index < -0.39 is 0 Å². The van der Waals surface area contributed by atoms with E-state index in [1.807, 2.05) is 0 Å². The second-order valence-electron chi connectivity index (χ2n) is 5.38. The van der Waals surface area contributed by atoms with Crippen molar-refractivity contribution in [1.29, 1.82) is 0 Å². The molecule has 100 valence electrons. The number of rotatable bonds is 4. The number of hydrogen-bond acceptors (Lipinski definition) is 2. The Morgan fingerprint density at radius 1 is 1.16 bits per heavy atom. The predicted octanol–water partition coefficient (Wildman–Crippen LogP) is 3.42. The fraction of sp³-hybridized carbons (Fsp3) is 0.412. The summed E-state index contributed by atoms with van der Waals surface area (Å²) in [6, 6.07) is 15.9. The van der Waals surface area contributed by atoms with Crippen molar-refractivity contribution in [2.24, 2.45) is 0 Å². The molecule has 2 aromatic rings. The molecule has 1 heterocycles. The van der Waals surface area contributed by atoms with Crippen molar-refractivity contribution in [3.8, 4) is 0 Å². The van der Waals surface area contributed by atoms with Crippen molar-refractivity contribution in [2.45, 2.75) is 25.8 Å². The Bertz CT molecular complexity index is 544. The van der Waals surface area contributed by atoms with Crippen molar-refractivity contribution >= 4 is 16.5 Å². The lowest BCUT2D eigenvalue weighted by Gasteiger charge is -2.21. The topological polar surface area (TPSA) is 15.3 Å². The van der Waals surface area contributed by atoms with E-state index in [0.717, 1.165) is 19.6 Å². The lowest BCUT2D eigenvalue weighted by atomic mass is 10.1. The van der Waals surface area contributed by atoms with Crippen LogP contribution in [0.4, 0.5) is 5.69 Å². The Labute approximate surface area is 115 Å². The molecule has 19 heavy (non-hydrogen) atoms. The van der Waals surface area contributed by atoms with Gasteiger partial charge in [-0.2, -0.15) is 0 Å². The first-order valence-electron chi connectivity index (χ1n) is 7.34. The van der Waals surface area contributed by atoms with Crippen molar-refractivity contribution in [3.63, 3.8) is 0 Å². The van der Waals surface area contributed by atoms with Gasteiger partial charge >= 0.3 is 0 Å². The lowest BCUT2D eigenvalue weighted by Crippen LogP contribution is -2.32. The Morgan fingerprint density at radius 2 is 2.00 bits per heavy atom. The van der Waals surface area contributed by atoms with Gasteiger partial charge in [0.1, 0.15) is 0 Å². The van der Waals surface area contributed by atoms with Gasteiger partial charge in [-0.05, 0) is 30.8 Å². The van der Waals surface area contributed by atoms with Crippen LogP contribution in [0.3, 0.4) is 0 Å². The van der Waals surface area contributed by atoms with E-state index in [-0.39, 0.29) is 0 Å². The van der Waals surface area contributed by atoms with Crippen LogP contribution in [0.5, 0.6) is 0 Å². The van der Waals surface area contributed by atoms with Gasteiger partial charge in [0.25, 0.3) is 0 Å². The molecule has 1 aliphatic rings. The normalized spacial score (nSPS) is 19.2. The third-order valence-electron chi connectivity index (χ3n) is 3.98. The Kier molecular flexibility index (Phi) is 3.69. The first kappa shape index (κ1) is 12.5. The van der Waals surface area contributed by atoms with E-state index in [1.54, 1.807) is 0 Å². The molecule has 0 radical (unpaired) electrons. The van der Waals surface area contributed by atoms with Crippen LogP contribution in [-0.2, 0) is 0 Å². The Balaban J connectivity index is 1.82. The first-order valence-corrected chi connectivity index (χ1v) is 7.34. The minimum Gasteiger partial charge on any atom is -0.369 e. The predicted molar refractivity (Wildman–Crippen MR) is 82.9 cm³/mol. The molecule has 1 fully saturated rings. The molecule has 3 rings (SSSR count). The summed E-state index contributed by atoms with van der Waals surface area (Å²) in [5.41, 5.74) is 1.39. The highest BCUT2D eigenvalue weighted by molar-refractivity contribution is 5.94. The summed E-state index contributed by atoms with van der Waals surface area (Å²) in [5, 5.41) is 6.35. The molecule has 0 amide bonds. The van der Waals surface area contributed by atoms with Gasteiger partial charge in [0.05, 0.1) is 0 Å². The van der Waals surface area contributed by atoms with Crippen LogP contribution in [0.1, 0.15) is 19.8 Å². The fourth-order valence-electron chi connectivity index (χ4n) is 2.98. The number of hydrogen-bond donors (Lipinski definition) is 1. The fourth-order valence-corrected chi connectivity index (χ4v) is 2.98. The summed E-state index contributed by atoms with van der Waals surface area (Å²) < 4.78 is 0. The zero-order valence-corrected chi connectivity index (χ0v) is 11.6. The van der Waals surface area contributed by atoms with Gasteiger partial charge < -0.3 is 10.2 Å². The molecule has 0 spiro atoms. The van der Waals surface area contributed by atoms with Crippen LogP contribution < -0.4 is 10.2 Å². The SMILES string of the molecule is CCCNC1CCN(c2cccc3ccccc23)C1. The lowest BCUT2D eigenvalue weighted by molar-refractivity contribution is 0.549. The zero-order valence-electron chi connectivity index (χ0n) is 11.6. The monoisotopic (exact) mass is 254 g/mol. The van der Waals surface area contributed by atoms with Crippen LogP contribution in [0.25, 0.3) is 10.8 Å². The number of anilines is 1. The van der Waals surface area contributed by atoms with Crippen LogP contribution in [0, 0.1) is 0 Å². The average molecular weight is 254 g/mol. The van der Waals surface area contributed by atoms with E-state index >= 15 is 0 Å². The van der Waals surface area contributed by atoms with Crippen molar-refractivity contribution in [3.05, 3.63) is 42.5 Å². The molecule has 2 heteroatoms. The molecule has 2 aromatic carbocycles. The summed E-state index contributed by atoms with van der Waals surface area (Å²) in [7, 11) is 0. The minimum absolute atomic E-state index is 0.652.